The third-order valence-electron chi connectivity index (χ3n) is 9.65. The van der Waals surface area contributed by atoms with E-state index in [-0.39, 0.29) is 19.2 Å². The molecule has 1 saturated heterocycles. The fourth-order valence-corrected chi connectivity index (χ4v) is 6.25. The van der Waals surface area contributed by atoms with Gasteiger partial charge in [-0.15, -0.1) is 0 Å². The van der Waals surface area contributed by atoms with E-state index in [4.69, 9.17) is 18.9 Å². The standard InChI is InChI=1S/C46H80O9/c1-3-5-7-9-11-13-15-16-17-18-19-20-21-22-23-24-25-26-28-30-32-34-36-52-38-40(39-53-46-45(51)44(50)43(49)41(37-47)55-46)54-42(48)35-33-31-29-27-14-12-10-8-6-4-2/h5,7-8,10-11,13,16-17,19-20,40-41,43-47,49-51H,3-4,6,9,12,14-15,18,21-39H2,1-2H3/b7-5-,10-8-,13-11-,17-16-,20-19-. The van der Waals surface area contributed by atoms with Crippen molar-refractivity contribution < 1.29 is 44.2 Å². The average Bonchev–Trinajstić information content (AvgIpc) is 3.18. The van der Waals surface area contributed by atoms with Crippen molar-refractivity contribution in [1.82, 2.24) is 0 Å². The lowest BCUT2D eigenvalue weighted by Gasteiger charge is -2.39. The van der Waals surface area contributed by atoms with Gasteiger partial charge in [-0.3, -0.25) is 4.79 Å². The number of hydrogen-bond acceptors (Lipinski definition) is 9. The first-order valence-electron chi connectivity index (χ1n) is 21.9. The molecule has 55 heavy (non-hydrogen) atoms. The Balaban J connectivity index is 2.22. The molecule has 6 atom stereocenters. The van der Waals surface area contributed by atoms with Crippen molar-refractivity contribution in [2.75, 3.05) is 26.4 Å². The molecule has 318 valence electrons. The van der Waals surface area contributed by atoms with Gasteiger partial charge in [-0.1, -0.05) is 145 Å². The van der Waals surface area contributed by atoms with Gasteiger partial charge in [0.25, 0.3) is 0 Å². The van der Waals surface area contributed by atoms with Crippen molar-refractivity contribution in [2.45, 2.75) is 198 Å². The highest BCUT2D eigenvalue weighted by Gasteiger charge is 2.44. The van der Waals surface area contributed by atoms with E-state index in [9.17, 15) is 25.2 Å². The van der Waals surface area contributed by atoms with Crippen molar-refractivity contribution >= 4 is 5.97 Å². The van der Waals surface area contributed by atoms with Gasteiger partial charge in [-0.05, 0) is 70.6 Å². The van der Waals surface area contributed by atoms with Gasteiger partial charge in [0.15, 0.2) is 6.29 Å². The molecule has 6 unspecified atom stereocenters. The molecular formula is C46H80O9. The van der Waals surface area contributed by atoms with Crippen molar-refractivity contribution in [1.29, 1.82) is 0 Å². The van der Waals surface area contributed by atoms with Crippen LogP contribution in [-0.4, -0.2) is 89.6 Å². The van der Waals surface area contributed by atoms with Crippen molar-refractivity contribution in [3.05, 3.63) is 60.8 Å². The van der Waals surface area contributed by atoms with E-state index in [0.717, 1.165) is 89.9 Å². The van der Waals surface area contributed by atoms with Crippen LogP contribution in [0.5, 0.6) is 0 Å². The van der Waals surface area contributed by atoms with Crippen LogP contribution in [0.25, 0.3) is 0 Å². The van der Waals surface area contributed by atoms with Crippen LogP contribution in [0.1, 0.15) is 162 Å². The molecule has 0 bridgehead atoms. The second-order valence-corrected chi connectivity index (χ2v) is 14.8. The van der Waals surface area contributed by atoms with Crippen LogP contribution >= 0.6 is 0 Å². The van der Waals surface area contributed by atoms with Gasteiger partial charge in [0.05, 0.1) is 19.8 Å². The molecule has 0 aliphatic carbocycles. The summed E-state index contributed by atoms with van der Waals surface area (Å²) in [6.45, 7) is 4.34. The van der Waals surface area contributed by atoms with Crippen LogP contribution < -0.4 is 0 Å². The predicted molar refractivity (Wildman–Crippen MR) is 224 cm³/mol. The second kappa shape index (κ2) is 37.5. The maximum absolute atomic E-state index is 12.7. The lowest BCUT2D eigenvalue weighted by Crippen LogP contribution is -2.59. The summed E-state index contributed by atoms with van der Waals surface area (Å²) in [5.74, 6) is -0.330. The molecule has 0 saturated carbocycles. The zero-order valence-electron chi connectivity index (χ0n) is 34.7. The molecule has 0 radical (unpaired) electrons. The molecule has 0 amide bonds. The Morgan fingerprint density at radius 1 is 0.600 bits per heavy atom. The van der Waals surface area contributed by atoms with Crippen LogP contribution in [0.15, 0.2) is 60.8 Å². The second-order valence-electron chi connectivity index (χ2n) is 14.8. The van der Waals surface area contributed by atoms with Gasteiger partial charge in [-0.25, -0.2) is 0 Å². The Morgan fingerprint density at radius 3 is 1.69 bits per heavy atom. The minimum Gasteiger partial charge on any atom is -0.457 e. The molecular weight excluding hydrogens is 696 g/mol. The number of rotatable bonds is 36. The molecule has 4 N–H and O–H groups in total. The Labute approximate surface area is 335 Å². The van der Waals surface area contributed by atoms with E-state index in [1.165, 1.54) is 51.4 Å². The minimum atomic E-state index is -1.54. The summed E-state index contributed by atoms with van der Waals surface area (Å²) in [7, 11) is 0. The van der Waals surface area contributed by atoms with Crippen LogP contribution in [0.4, 0.5) is 0 Å². The largest absolute Gasteiger partial charge is 0.457 e. The molecule has 9 heteroatoms. The number of aliphatic hydroxyl groups excluding tert-OH is 4. The molecule has 0 aromatic rings. The quantitative estimate of drug-likeness (QED) is 0.0279. The predicted octanol–water partition coefficient (Wildman–Crippen LogP) is 9.52. The fraction of sp³-hybridized carbons (Fsp3) is 0.761. The van der Waals surface area contributed by atoms with Crippen LogP contribution in [0.2, 0.25) is 0 Å². The van der Waals surface area contributed by atoms with E-state index >= 15 is 0 Å². The zero-order chi connectivity index (χ0) is 40.0. The van der Waals surface area contributed by atoms with Crippen LogP contribution in [-0.2, 0) is 23.7 Å². The first-order valence-corrected chi connectivity index (χ1v) is 21.9. The van der Waals surface area contributed by atoms with E-state index in [0.29, 0.717) is 13.0 Å². The van der Waals surface area contributed by atoms with Gasteiger partial charge in [0, 0.05) is 13.0 Å². The molecule has 9 nitrogen and oxygen atoms in total. The molecule has 1 heterocycles. The van der Waals surface area contributed by atoms with Gasteiger partial charge < -0.3 is 39.4 Å². The van der Waals surface area contributed by atoms with E-state index in [2.05, 4.69) is 74.6 Å². The van der Waals surface area contributed by atoms with Gasteiger partial charge in [-0.2, -0.15) is 0 Å². The minimum absolute atomic E-state index is 0.122. The third kappa shape index (κ3) is 28.9. The average molecular weight is 777 g/mol. The molecule has 1 fully saturated rings. The SMILES string of the molecule is CC/C=C\C/C=C\C/C=C\C/C=C\CCCCCCCCCCCOCC(COC1OC(CO)C(O)C(O)C1O)OC(=O)CCCCCCC/C=C\CCC. The topological polar surface area (TPSA) is 135 Å². The summed E-state index contributed by atoms with van der Waals surface area (Å²) in [5.41, 5.74) is 0. The van der Waals surface area contributed by atoms with Gasteiger partial charge >= 0.3 is 5.97 Å². The Bertz CT molecular complexity index is 1020. The summed E-state index contributed by atoms with van der Waals surface area (Å²) in [4.78, 5) is 12.7. The molecule has 1 rings (SSSR count). The highest BCUT2D eigenvalue weighted by atomic mass is 16.7. The lowest BCUT2D eigenvalue weighted by molar-refractivity contribution is -0.305. The summed E-state index contributed by atoms with van der Waals surface area (Å²) in [6.07, 6.45) is 39.7. The third-order valence-corrected chi connectivity index (χ3v) is 9.65. The highest BCUT2D eigenvalue weighted by molar-refractivity contribution is 5.69. The maximum Gasteiger partial charge on any atom is 0.306 e. The molecule has 1 aliphatic heterocycles. The number of carbonyl (C=O) groups excluding carboxylic acids is 1. The fourth-order valence-electron chi connectivity index (χ4n) is 6.25. The summed E-state index contributed by atoms with van der Waals surface area (Å²) in [6, 6.07) is 0. The number of allylic oxidation sites excluding steroid dienone is 10. The molecule has 0 spiro atoms. The number of ether oxygens (including phenoxy) is 4. The molecule has 0 aromatic heterocycles. The van der Waals surface area contributed by atoms with Crippen molar-refractivity contribution in [3.63, 3.8) is 0 Å². The molecule has 0 aromatic carbocycles. The monoisotopic (exact) mass is 777 g/mol. The molecule has 1 aliphatic rings. The van der Waals surface area contributed by atoms with Gasteiger partial charge in [0.2, 0.25) is 0 Å². The number of hydrogen-bond donors (Lipinski definition) is 4. The first-order chi connectivity index (χ1) is 26.9. The van der Waals surface area contributed by atoms with E-state index < -0.39 is 43.4 Å². The Morgan fingerprint density at radius 2 is 1.11 bits per heavy atom. The Kier molecular flexibility index (Phi) is 34.7. The van der Waals surface area contributed by atoms with Crippen molar-refractivity contribution in [3.8, 4) is 0 Å². The van der Waals surface area contributed by atoms with E-state index in [1.807, 2.05) is 0 Å². The summed E-state index contributed by atoms with van der Waals surface area (Å²) >= 11 is 0. The van der Waals surface area contributed by atoms with Crippen LogP contribution in [0, 0.1) is 0 Å². The number of esters is 1. The lowest BCUT2D eigenvalue weighted by atomic mass is 9.99. The van der Waals surface area contributed by atoms with Crippen LogP contribution in [0.3, 0.4) is 0 Å². The number of carbonyl (C=O) groups is 1. The smallest absolute Gasteiger partial charge is 0.306 e. The zero-order valence-corrected chi connectivity index (χ0v) is 34.7. The normalized spacial score (nSPS) is 21.3. The summed E-state index contributed by atoms with van der Waals surface area (Å²) < 4.78 is 22.7. The Hall–Kier alpha value is -2.11. The van der Waals surface area contributed by atoms with Gasteiger partial charge in [0.1, 0.15) is 30.5 Å². The van der Waals surface area contributed by atoms with Crippen molar-refractivity contribution in [2.24, 2.45) is 0 Å². The number of unbranched alkanes of at least 4 members (excludes halogenated alkanes) is 15. The highest BCUT2D eigenvalue weighted by Crippen LogP contribution is 2.22. The van der Waals surface area contributed by atoms with E-state index in [1.54, 1.807) is 0 Å². The first kappa shape index (κ1) is 50.9. The summed E-state index contributed by atoms with van der Waals surface area (Å²) in [5, 5.41) is 40.0. The number of aliphatic hydroxyl groups is 4. The maximum atomic E-state index is 12.7.